The van der Waals surface area contributed by atoms with Gasteiger partial charge in [0, 0.05) is 31.9 Å². The summed E-state index contributed by atoms with van der Waals surface area (Å²) in [7, 11) is 0.557. The van der Waals surface area contributed by atoms with Gasteiger partial charge in [-0.2, -0.15) is 17.0 Å². The van der Waals surface area contributed by atoms with Crippen LogP contribution in [0.4, 0.5) is 5.69 Å². The summed E-state index contributed by atoms with van der Waals surface area (Å²) in [4.78, 5) is 11.8. The monoisotopic (exact) mass is 319 g/mol. The van der Waals surface area contributed by atoms with Crippen LogP contribution in [-0.2, 0) is 15.0 Å². The molecule has 0 aliphatic heterocycles. The number of anilines is 1. The molecule has 0 heterocycles. The minimum absolute atomic E-state index is 0.272. The normalized spacial score (nSPS) is 11.9. The van der Waals surface area contributed by atoms with Crippen molar-refractivity contribution in [3.05, 3.63) is 28.8 Å². The second-order valence-corrected chi connectivity index (χ2v) is 7.21. The van der Waals surface area contributed by atoms with Gasteiger partial charge in [-0.1, -0.05) is 17.7 Å². The molecule has 6 nitrogen and oxygen atoms in total. The summed E-state index contributed by atoms with van der Waals surface area (Å²) in [5.74, 6) is -0.433. The molecule has 0 bridgehead atoms. The van der Waals surface area contributed by atoms with Crippen LogP contribution in [0.2, 0.25) is 5.02 Å². The summed E-state index contributed by atoms with van der Waals surface area (Å²) in [5, 5.41) is 3.14. The molecule has 0 unspecified atom stereocenters. The standard InChI is InChI=1S/C12H18ClN3O3S/c1-9-5-6-10(7-11(9)13)14-12(17)8-16(4)20(18,19)15(2)3/h5-7H,8H2,1-4H3,(H,14,17). The van der Waals surface area contributed by atoms with Crippen LogP contribution < -0.4 is 5.32 Å². The van der Waals surface area contributed by atoms with Gasteiger partial charge >= 0.3 is 0 Å². The SMILES string of the molecule is Cc1ccc(NC(=O)CN(C)S(=O)(=O)N(C)C)cc1Cl. The maximum absolute atomic E-state index is 11.8. The first-order valence-corrected chi connectivity index (χ1v) is 7.62. The van der Waals surface area contributed by atoms with Gasteiger partial charge in [0.2, 0.25) is 5.91 Å². The number of nitrogens with zero attached hydrogens (tertiary/aromatic N) is 2. The van der Waals surface area contributed by atoms with Crippen molar-refractivity contribution in [1.82, 2.24) is 8.61 Å². The van der Waals surface area contributed by atoms with E-state index in [1.165, 1.54) is 21.1 Å². The molecule has 1 N–H and O–H groups in total. The third-order valence-corrected chi connectivity index (χ3v) is 4.92. The first-order chi connectivity index (χ1) is 9.14. The Morgan fingerprint density at radius 3 is 2.40 bits per heavy atom. The number of aryl methyl sites for hydroxylation is 1. The van der Waals surface area contributed by atoms with E-state index in [4.69, 9.17) is 11.6 Å². The fourth-order valence-electron chi connectivity index (χ4n) is 1.43. The van der Waals surface area contributed by atoms with Crippen LogP contribution >= 0.6 is 11.6 Å². The average molecular weight is 320 g/mol. The minimum Gasteiger partial charge on any atom is -0.325 e. The summed E-state index contributed by atoms with van der Waals surface area (Å²) in [6.45, 7) is 1.58. The Morgan fingerprint density at radius 1 is 1.30 bits per heavy atom. The van der Waals surface area contributed by atoms with E-state index in [9.17, 15) is 13.2 Å². The van der Waals surface area contributed by atoms with Crippen molar-refractivity contribution in [2.24, 2.45) is 0 Å². The third kappa shape index (κ3) is 4.17. The lowest BCUT2D eigenvalue weighted by molar-refractivity contribution is -0.116. The summed E-state index contributed by atoms with van der Waals surface area (Å²) >= 11 is 5.95. The van der Waals surface area contributed by atoms with Gasteiger partial charge in [0.1, 0.15) is 0 Å². The molecule has 0 radical (unpaired) electrons. The smallest absolute Gasteiger partial charge is 0.281 e. The minimum atomic E-state index is -3.60. The Kier molecular flexibility index (Phi) is 5.52. The van der Waals surface area contributed by atoms with Crippen LogP contribution in [0.15, 0.2) is 18.2 Å². The number of hydrogen-bond donors (Lipinski definition) is 1. The summed E-state index contributed by atoms with van der Waals surface area (Å²) in [5.41, 5.74) is 1.43. The van der Waals surface area contributed by atoms with Gasteiger partial charge in [-0.05, 0) is 24.6 Å². The Bertz CT molecular complexity index is 602. The first kappa shape index (κ1) is 16.9. The van der Waals surface area contributed by atoms with Crippen molar-refractivity contribution in [1.29, 1.82) is 0 Å². The molecule has 8 heteroatoms. The summed E-state index contributed by atoms with van der Waals surface area (Å²) in [6.07, 6.45) is 0. The summed E-state index contributed by atoms with van der Waals surface area (Å²) < 4.78 is 25.6. The Morgan fingerprint density at radius 2 is 1.90 bits per heavy atom. The van der Waals surface area contributed by atoms with Gasteiger partial charge in [-0.15, -0.1) is 0 Å². The Hall–Kier alpha value is -1.15. The second-order valence-electron chi connectivity index (χ2n) is 4.56. The molecule has 1 rings (SSSR count). The molecule has 0 aliphatic rings. The van der Waals surface area contributed by atoms with Crippen LogP contribution in [0.25, 0.3) is 0 Å². The molecular formula is C12H18ClN3O3S. The van der Waals surface area contributed by atoms with Crippen molar-refractivity contribution in [3.8, 4) is 0 Å². The Labute approximate surface area is 124 Å². The van der Waals surface area contributed by atoms with Gasteiger partial charge in [0.25, 0.3) is 10.2 Å². The zero-order chi connectivity index (χ0) is 15.5. The number of benzene rings is 1. The van der Waals surface area contributed by atoms with E-state index in [0.29, 0.717) is 10.7 Å². The highest BCUT2D eigenvalue weighted by atomic mass is 35.5. The molecular weight excluding hydrogens is 302 g/mol. The van der Waals surface area contributed by atoms with Crippen LogP contribution in [0, 0.1) is 6.92 Å². The Balaban J connectivity index is 2.71. The van der Waals surface area contributed by atoms with Crippen molar-refractivity contribution < 1.29 is 13.2 Å². The van der Waals surface area contributed by atoms with Gasteiger partial charge in [0.15, 0.2) is 0 Å². The van der Waals surface area contributed by atoms with Gasteiger partial charge in [-0.25, -0.2) is 0 Å². The third-order valence-electron chi connectivity index (χ3n) is 2.68. The number of amides is 1. The molecule has 1 amide bonds. The molecule has 1 aromatic rings. The van der Waals surface area contributed by atoms with E-state index in [1.807, 2.05) is 6.92 Å². The van der Waals surface area contributed by atoms with Gasteiger partial charge in [0.05, 0.1) is 6.54 Å². The lowest BCUT2D eigenvalue weighted by Crippen LogP contribution is -2.41. The van der Waals surface area contributed by atoms with Crippen LogP contribution in [0.1, 0.15) is 5.56 Å². The number of rotatable bonds is 5. The van der Waals surface area contributed by atoms with Crippen LogP contribution in [0.3, 0.4) is 0 Å². The highest BCUT2D eigenvalue weighted by Gasteiger charge is 2.22. The second kappa shape index (κ2) is 6.53. The van der Waals surface area contributed by atoms with Crippen molar-refractivity contribution in [2.45, 2.75) is 6.92 Å². The van der Waals surface area contributed by atoms with Crippen LogP contribution in [0.5, 0.6) is 0 Å². The van der Waals surface area contributed by atoms with E-state index < -0.39 is 16.1 Å². The maximum atomic E-state index is 11.8. The lowest BCUT2D eigenvalue weighted by atomic mass is 10.2. The molecule has 0 spiro atoms. The molecule has 112 valence electrons. The number of carbonyl (C=O) groups excluding carboxylic acids is 1. The van der Waals surface area contributed by atoms with E-state index in [-0.39, 0.29) is 6.54 Å². The molecule has 0 saturated carbocycles. The first-order valence-electron chi connectivity index (χ1n) is 5.84. The fourth-order valence-corrected chi connectivity index (χ4v) is 2.45. The molecule has 0 aromatic heterocycles. The number of nitrogens with one attached hydrogen (secondary N) is 1. The quantitative estimate of drug-likeness (QED) is 0.890. The molecule has 20 heavy (non-hydrogen) atoms. The van der Waals surface area contributed by atoms with Crippen molar-refractivity contribution >= 4 is 33.4 Å². The van der Waals surface area contributed by atoms with E-state index in [0.717, 1.165) is 14.2 Å². The summed E-state index contributed by atoms with van der Waals surface area (Å²) in [6, 6.07) is 5.10. The fraction of sp³-hybridized carbons (Fsp3) is 0.417. The number of halogens is 1. The molecule has 1 aromatic carbocycles. The zero-order valence-corrected chi connectivity index (χ0v) is 13.4. The maximum Gasteiger partial charge on any atom is 0.281 e. The van der Waals surface area contributed by atoms with Crippen molar-refractivity contribution in [3.63, 3.8) is 0 Å². The average Bonchev–Trinajstić information content (AvgIpc) is 2.33. The topological polar surface area (TPSA) is 69.7 Å². The number of carbonyl (C=O) groups is 1. The lowest BCUT2D eigenvalue weighted by Gasteiger charge is -2.20. The van der Waals surface area contributed by atoms with E-state index in [1.54, 1.807) is 18.2 Å². The van der Waals surface area contributed by atoms with Gasteiger partial charge in [-0.3, -0.25) is 4.79 Å². The number of likely N-dealkylation sites (N-methyl/N-ethyl adjacent to an activating group) is 1. The molecule has 0 aliphatic carbocycles. The predicted octanol–water partition coefficient (Wildman–Crippen LogP) is 1.33. The van der Waals surface area contributed by atoms with E-state index in [2.05, 4.69) is 5.32 Å². The van der Waals surface area contributed by atoms with Crippen molar-refractivity contribution in [2.75, 3.05) is 33.0 Å². The highest BCUT2D eigenvalue weighted by molar-refractivity contribution is 7.86. The van der Waals surface area contributed by atoms with Gasteiger partial charge < -0.3 is 5.32 Å². The molecule has 0 fully saturated rings. The van der Waals surface area contributed by atoms with E-state index >= 15 is 0 Å². The molecule has 0 atom stereocenters. The van der Waals surface area contributed by atoms with Crippen LogP contribution in [-0.4, -0.2) is 50.6 Å². The molecule has 0 saturated heterocycles. The zero-order valence-electron chi connectivity index (χ0n) is 11.8. The number of hydrogen-bond acceptors (Lipinski definition) is 3. The predicted molar refractivity (Wildman–Crippen MR) is 80.1 cm³/mol. The largest absolute Gasteiger partial charge is 0.325 e. The highest BCUT2D eigenvalue weighted by Crippen LogP contribution is 2.19.